The van der Waals surface area contributed by atoms with Crippen molar-refractivity contribution in [3.63, 3.8) is 0 Å². The molecule has 0 heterocycles. The highest BCUT2D eigenvalue weighted by atomic mass is 35.5. The Morgan fingerprint density at radius 1 is 1.42 bits per heavy atom. The van der Waals surface area contributed by atoms with Crippen LogP contribution in [-0.2, 0) is 0 Å². The molecule has 7 heteroatoms. The lowest BCUT2D eigenvalue weighted by Crippen LogP contribution is -2.33. The van der Waals surface area contributed by atoms with Gasteiger partial charge in [-0.1, -0.05) is 18.5 Å². The Balaban J connectivity index is 3.13. The van der Waals surface area contributed by atoms with E-state index in [1.165, 1.54) is 23.1 Å². The first-order chi connectivity index (χ1) is 9.01. The largest absolute Gasteiger partial charge is 0.337 e. The summed E-state index contributed by atoms with van der Waals surface area (Å²) in [6.07, 6.45) is 0.754. The zero-order valence-electron chi connectivity index (χ0n) is 10.4. The molecule has 0 saturated carbocycles. The van der Waals surface area contributed by atoms with Gasteiger partial charge in [0.05, 0.1) is 4.92 Å². The minimum atomic E-state index is -0.607. The summed E-state index contributed by atoms with van der Waals surface area (Å²) in [5, 5.41) is 11.2. The van der Waals surface area contributed by atoms with Crippen molar-refractivity contribution in [1.82, 2.24) is 4.90 Å². The van der Waals surface area contributed by atoms with Crippen molar-refractivity contribution in [1.29, 1.82) is 0 Å². The maximum atomic E-state index is 12.3. The summed E-state index contributed by atoms with van der Waals surface area (Å²) in [5.41, 5.74) is -0.249. The van der Waals surface area contributed by atoms with Gasteiger partial charge < -0.3 is 4.90 Å². The number of carbonyl (C=O) groups excluding carboxylic acids is 1. The molecule has 1 aromatic carbocycles. The van der Waals surface area contributed by atoms with Crippen LogP contribution in [0.25, 0.3) is 0 Å². The predicted molar refractivity (Wildman–Crippen MR) is 75.0 cm³/mol. The molecule has 0 aliphatic rings. The Bertz CT molecular complexity index is 474. The van der Waals surface area contributed by atoms with Crippen LogP contribution in [0.4, 0.5) is 5.69 Å². The molecular weight excluding hydrogens is 291 g/mol. The number of nitrogens with zero attached hydrogens (tertiary/aromatic N) is 2. The van der Waals surface area contributed by atoms with Crippen molar-refractivity contribution < 1.29 is 9.72 Å². The third-order valence-electron chi connectivity index (χ3n) is 2.52. The molecule has 1 rings (SSSR count). The molecule has 0 aromatic heterocycles. The lowest BCUT2D eigenvalue weighted by molar-refractivity contribution is -0.385. The SMILES string of the molecule is CCCN(CCCl)C(=O)c1ccc(Cl)cc1[N+](=O)[O-]. The van der Waals surface area contributed by atoms with E-state index >= 15 is 0 Å². The number of hydrogen-bond donors (Lipinski definition) is 0. The first-order valence-corrected chi connectivity index (χ1v) is 6.71. The Kier molecular flexibility index (Phi) is 6.05. The number of carbonyl (C=O) groups is 1. The van der Waals surface area contributed by atoms with Crippen molar-refractivity contribution in [3.8, 4) is 0 Å². The molecule has 0 N–H and O–H groups in total. The molecule has 1 aromatic rings. The molecule has 0 aliphatic carbocycles. The molecule has 0 radical (unpaired) electrons. The van der Waals surface area contributed by atoms with Crippen molar-refractivity contribution in [2.24, 2.45) is 0 Å². The molecule has 1 amide bonds. The lowest BCUT2D eigenvalue weighted by Gasteiger charge is -2.20. The smallest absolute Gasteiger partial charge is 0.283 e. The van der Waals surface area contributed by atoms with E-state index in [0.717, 1.165) is 6.42 Å². The quantitative estimate of drug-likeness (QED) is 0.460. The van der Waals surface area contributed by atoms with Gasteiger partial charge in [0.2, 0.25) is 0 Å². The van der Waals surface area contributed by atoms with Gasteiger partial charge >= 0.3 is 0 Å². The second kappa shape index (κ2) is 7.31. The Morgan fingerprint density at radius 2 is 2.11 bits per heavy atom. The second-order valence-electron chi connectivity index (χ2n) is 3.90. The van der Waals surface area contributed by atoms with Crippen molar-refractivity contribution in [2.45, 2.75) is 13.3 Å². The summed E-state index contributed by atoms with van der Waals surface area (Å²) in [5.74, 6) is -0.112. The molecule has 0 spiro atoms. The summed E-state index contributed by atoms with van der Waals surface area (Å²) >= 11 is 11.4. The number of hydrogen-bond acceptors (Lipinski definition) is 3. The molecule has 0 unspecified atom stereocenters. The number of amides is 1. The third kappa shape index (κ3) is 4.08. The molecule has 104 valence electrons. The summed E-state index contributed by atoms with van der Waals surface area (Å²) in [7, 11) is 0. The lowest BCUT2D eigenvalue weighted by atomic mass is 10.1. The van der Waals surface area contributed by atoms with Crippen molar-refractivity contribution in [3.05, 3.63) is 38.9 Å². The number of benzene rings is 1. The topological polar surface area (TPSA) is 63.5 Å². The first kappa shape index (κ1) is 15.7. The van der Waals surface area contributed by atoms with Crippen LogP contribution in [0.3, 0.4) is 0 Å². The van der Waals surface area contributed by atoms with E-state index in [1.54, 1.807) is 0 Å². The van der Waals surface area contributed by atoms with E-state index < -0.39 is 10.8 Å². The van der Waals surface area contributed by atoms with Gasteiger partial charge in [0, 0.05) is 30.1 Å². The van der Waals surface area contributed by atoms with Gasteiger partial charge in [-0.3, -0.25) is 14.9 Å². The molecule has 19 heavy (non-hydrogen) atoms. The van der Waals surface area contributed by atoms with Crippen LogP contribution >= 0.6 is 23.2 Å². The van der Waals surface area contributed by atoms with E-state index in [0.29, 0.717) is 13.1 Å². The number of nitro benzene ring substituents is 1. The van der Waals surface area contributed by atoms with Crippen LogP contribution in [0.5, 0.6) is 0 Å². The summed E-state index contributed by atoms with van der Waals surface area (Å²) in [6, 6.07) is 4.02. The fourth-order valence-corrected chi connectivity index (χ4v) is 2.06. The minimum absolute atomic E-state index is 0.0352. The zero-order chi connectivity index (χ0) is 14.4. The van der Waals surface area contributed by atoms with E-state index in [-0.39, 0.29) is 22.2 Å². The number of rotatable bonds is 6. The zero-order valence-corrected chi connectivity index (χ0v) is 11.9. The molecule has 0 aliphatic heterocycles. The van der Waals surface area contributed by atoms with Gasteiger partial charge in [-0.15, -0.1) is 11.6 Å². The average Bonchev–Trinajstić information content (AvgIpc) is 2.37. The standard InChI is InChI=1S/C12H14Cl2N2O3/c1-2-6-15(7-5-13)12(17)10-4-3-9(14)8-11(10)16(18)19/h3-4,8H,2,5-7H2,1H3. The fraction of sp³-hybridized carbons (Fsp3) is 0.417. The van der Waals surface area contributed by atoms with E-state index in [1.807, 2.05) is 6.92 Å². The highest BCUT2D eigenvalue weighted by Crippen LogP contribution is 2.24. The van der Waals surface area contributed by atoms with Gasteiger partial charge in [-0.25, -0.2) is 0 Å². The maximum Gasteiger partial charge on any atom is 0.283 e. The normalized spacial score (nSPS) is 10.3. The average molecular weight is 305 g/mol. The third-order valence-corrected chi connectivity index (χ3v) is 2.93. The monoisotopic (exact) mass is 304 g/mol. The maximum absolute atomic E-state index is 12.3. The summed E-state index contributed by atoms with van der Waals surface area (Å²) in [4.78, 5) is 24.1. The number of alkyl halides is 1. The molecule has 5 nitrogen and oxygen atoms in total. The van der Waals surface area contributed by atoms with Gasteiger partial charge in [0.25, 0.3) is 11.6 Å². The number of halogens is 2. The molecule has 0 saturated heterocycles. The highest BCUT2D eigenvalue weighted by molar-refractivity contribution is 6.31. The molecular formula is C12H14Cl2N2O3. The van der Waals surface area contributed by atoms with Crippen molar-refractivity contribution >= 4 is 34.8 Å². The Hall–Kier alpha value is -1.33. The summed E-state index contributed by atoms with van der Waals surface area (Å²) < 4.78 is 0. The van der Waals surface area contributed by atoms with Gasteiger partial charge in [-0.05, 0) is 18.6 Å². The van der Waals surface area contributed by atoms with E-state index in [4.69, 9.17) is 23.2 Å². The van der Waals surface area contributed by atoms with Crippen LogP contribution in [0.2, 0.25) is 5.02 Å². The minimum Gasteiger partial charge on any atom is -0.337 e. The Morgan fingerprint density at radius 3 is 2.63 bits per heavy atom. The highest BCUT2D eigenvalue weighted by Gasteiger charge is 2.24. The predicted octanol–water partition coefficient (Wildman–Crippen LogP) is 3.34. The van der Waals surface area contributed by atoms with Crippen LogP contribution < -0.4 is 0 Å². The van der Waals surface area contributed by atoms with Crippen LogP contribution in [-0.4, -0.2) is 34.7 Å². The molecule has 0 fully saturated rings. The summed E-state index contributed by atoms with van der Waals surface area (Å²) in [6.45, 7) is 2.78. The second-order valence-corrected chi connectivity index (χ2v) is 4.71. The van der Waals surface area contributed by atoms with Crippen LogP contribution in [0.15, 0.2) is 18.2 Å². The van der Waals surface area contributed by atoms with E-state index in [2.05, 4.69) is 0 Å². The van der Waals surface area contributed by atoms with Gasteiger partial charge in [-0.2, -0.15) is 0 Å². The van der Waals surface area contributed by atoms with Crippen LogP contribution in [0.1, 0.15) is 23.7 Å². The number of nitro groups is 1. The Labute approximate surface area is 121 Å². The van der Waals surface area contributed by atoms with E-state index in [9.17, 15) is 14.9 Å². The molecule has 0 atom stereocenters. The molecule has 0 bridgehead atoms. The van der Waals surface area contributed by atoms with Crippen LogP contribution in [0, 0.1) is 10.1 Å². The first-order valence-electron chi connectivity index (χ1n) is 5.80. The van der Waals surface area contributed by atoms with Crippen molar-refractivity contribution in [2.75, 3.05) is 19.0 Å². The fourth-order valence-electron chi connectivity index (χ4n) is 1.69. The van der Waals surface area contributed by atoms with Gasteiger partial charge in [0.1, 0.15) is 5.56 Å². The van der Waals surface area contributed by atoms with Gasteiger partial charge in [0.15, 0.2) is 0 Å².